The second kappa shape index (κ2) is 9.45. The minimum atomic E-state index is -0.853. The lowest BCUT2D eigenvalue weighted by atomic mass is 9.78. The highest BCUT2D eigenvalue weighted by Gasteiger charge is 2.26. The van der Waals surface area contributed by atoms with Gasteiger partial charge < -0.3 is 4.74 Å². The summed E-state index contributed by atoms with van der Waals surface area (Å²) in [6, 6.07) is 8.76. The van der Waals surface area contributed by atoms with E-state index in [1.165, 1.54) is 6.42 Å². The molecule has 162 valence electrons. The molecule has 0 aliphatic heterocycles. The highest BCUT2D eigenvalue weighted by atomic mass is 19.2. The monoisotopic (exact) mass is 416 g/mol. The first kappa shape index (κ1) is 21.3. The molecule has 1 nitrogen and oxygen atoms in total. The van der Waals surface area contributed by atoms with E-state index in [0.29, 0.717) is 12.2 Å². The standard InChI is InChI=1S/C26H31F3O/c1-17-7-12-21(23(27)15-17)20-10-8-18(9-11-20)16-30-24-14-13-22(25(28)26(24)29)19-5-3-2-4-6-19/h7,12-15,18-20H,2-6,8-11,16H2,1H3. The fourth-order valence-electron chi connectivity index (χ4n) is 5.20. The van der Waals surface area contributed by atoms with Crippen molar-refractivity contribution in [3.63, 3.8) is 0 Å². The van der Waals surface area contributed by atoms with Gasteiger partial charge in [0, 0.05) is 0 Å². The summed E-state index contributed by atoms with van der Waals surface area (Å²) in [5.74, 6) is -1.06. The van der Waals surface area contributed by atoms with Crippen LogP contribution in [-0.2, 0) is 0 Å². The van der Waals surface area contributed by atoms with E-state index in [4.69, 9.17) is 4.74 Å². The molecule has 0 spiro atoms. The third kappa shape index (κ3) is 4.68. The van der Waals surface area contributed by atoms with E-state index in [-0.39, 0.29) is 29.3 Å². The first-order chi connectivity index (χ1) is 14.5. The molecule has 0 amide bonds. The average Bonchev–Trinajstić information content (AvgIpc) is 2.76. The molecule has 0 bridgehead atoms. The van der Waals surface area contributed by atoms with Gasteiger partial charge in [-0.15, -0.1) is 0 Å². The van der Waals surface area contributed by atoms with Crippen LogP contribution in [0.15, 0.2) is 30.3 Å². The van der Waals surface area contributed by atoms with Gasteiger partial charge in [-0.05, 0) is 92.0 Å². The van der Waals surface area contributed by atoms with Crippen molar-refractivity contribution < 1.29 is 17.9 Å². The molecule has 4 heteroatoms. The van der Waals surface area contributed by atoms with Gasteiger partial charge in [0.05, 0.1) is 6.61 Å². The fourth-order valence-corrected chi connectivity index (χ4v) is 5.20. The van der Waals surface area contributed by atoms with E-state index in [2.05, 4.69) is 0 Å². The van der Waals surface area contributed by atoms with Crippen molar-refractivity contribution in [2.24, 2.45) is 5.92 Å². The Labute approximate surface area is 177 Å². The van der Waals surface area contributed by atoms with Crippen molar-refractivity contribution in [3.8, 4) is 5.75 Å². The van der Waals surface area contributed by atoms with Crippen LogP contribution in [0.25, 0.3) is 0 Å². The van der Waals surface area contributed by atoms with Gasteiger partial charge in [0.15, 0.2) is 11.6 Å². The van der Waals surface area contributed by atoms with E-state index >= 15 is 0 Å². The zero-order valence-corrected chi connectivity index (χ0v) is 17.7. The van der Waals surface area contributed by atoms with E-state index < -0.39 is 11.6 Å². The summed E-state index contributed by atoms with van der Waals surface area (Å²) in [6.07, 6.45) is 8.81. The molecule has 2 saturated carbocycles. The highest BCUT2D eigenvalue weighted by molar-refractivity contribution is 5.33. The average molecular weight is 417 g/mol. The Hall–Kier alpha value is -1.97. The number of hydrogen-bond donors (Lipinski definition) is 0. The largest absolute Gasteiger partial charge is 0.490 e. The lowest BCUT2D eigenvalue weighted by Gasteiger charge is -2.29. The SMILES string of the molecule is Cc1ccc(C2CCC(COc3ccc(C4CCCCC4)c(F)c3F)CC2)c(F)c1. The number of rotatable bonds is 5. The number of hydrogen-bond acceptors (Lipinski definition) is 1. The normalized spacial score (nSPS) is 22.8. The molecule has 0 heterocycles. The van der Waals surface area contributed by atoms with E-state index in [0.717, 1.165) is 62.5 Å². The third-order valence-corrected chi connectivity index (χ3v) is 7.04. The second-order valence-electron chi connectivity index (χ2n) is 9.17. The molecule has 4 rings (SSSR count). The third-order valence-electron chi connectivity index (χ3n) is 7.04. The van der Waals surface area contributed by atoms with Crippen LogP contribution in [0.5, 0.6) is 5.75 Å². The molecule has 2 fully saturated rings. The summed E-state index contributed by atoms with van der Waals surface area (Å²) in [5, 5.41) is 0. The lowest BCUT2D eigenvalue weighted by molar-refractivity contribution is 0.191. The van der Waals surface area contributed by atoms with Crippen LogP contribution < -0.4 is 4.74 Å². The van der Waals surface area contributed by atoms with Crippen molar-refractivity contribution in [2.45, 2.75) is 76.5 Å². The van der Waals surface area contributed by atoms with Crippen LogP contribution in [0.1, 0.15) is 86.3 Å². The number of halogens is 3. The van der Waals surface area contributed by atoms with Gasteiger partial charge in [-0.1, -0.05) is 37.5 Å². The lowest BCUT2D eigenvalue weighted by Crippen LogP contribution is -2.20. The Balaban J connectivity index is 1.32. The molecule has 2 aromatic carbocycles. The van der Waals surface area contributed by atoms with Crippen molar-refractivity contribution >= 4 is 0 Å². The Morgan fingerprint density at radius 2 is 1.43 bits per heavy atom. The molecule has 2 aromatic rings. The highest BCUT2D eigenvalue weighted by Crippen LogP contribution is 2.39. The van der Waals surface area contributed by atoms with Gasteiger partial charge in [0.25, 0.3) is 0 Å². The van der Waals surface area contributed by atoms with E-state index in [9.17, 15) is 13.2 Å². The quantitative estimate of drug-likeness (QED) is 0.483. The Bertz CT molecular complexity index is 865. The van der Waals surface area contributed by atoms with E-state index in [1.54, 1.807) is 18.2 Å². The summed E-state index contributed by atoms with van der Waals surface area (Å²) >= 11 is 0. The molecule has 2 aliphatic rings. The molecule has 0 N–H and O–H groups in total. The van der Waals surface area contributed by atoms with Gasteiger partial charge in [-0.2, -0.15) is 4.39 Å². The molecule has 0 saturated heterocycles. The van der Waals surface area contributed by atoms with Crippen molar-refractivity contribution in [1.29, 1.82) is 0 Å². The number of benzene rings is 2. The van der Waals surface area contributed by atoms with Gasteiger partial charge in [0.1, 0.15) is 5.82 Å². The van der Waals surface area contributed by atoms with Crippen molar-refractivity contribution in [2.75, 3.05) is 6.61 Å². The zero-order chi connectivity index (χ0) is 21.1. The maximum atomic E-state index is 14.6. The van der Waals surface area contributed by atoms with E-state index in [1.807, 2.05) is 19.1 Å². The summed E-state index contributed by atoms with van der Waals surface area (Å²) in [4.78, 5) is 0. The molecule has 0 unspecified atom stereocenters. The van der Waals surface area contributed by atoms with Crippen LogP contribution in [-0.4, -0.2) is 6.61 Å². The van der Waals surface area contributed by atoms with Gasteiger partial charge in [-0.25, -0.2) is 8.78 Å². The Kier molecular flexibility index (Phi) is 6.70. The predicted molar refractivity (Wildman–Crippen MR) is 114 cm³/mol. The summed E-state index contributed by atoms with van der Waals surface area (Å²) < 4.78 is 49.2. The Morgan fingerprint density at radius 1 is 0.767 bits per heavy atom. The minimum absolute atomic E-state index is 0.0127. The Morgan fingerprint density at radius 3 is 2.13 bits per heavy atom. The predicted octanol–water partition coefficient (Wildman–Crippen LogP) is 7.81. The molecule has 2 aliphatic carbocycles. The molecule has 0 radical (unpaired) electrons. The van der Waals surface area contributed by atoms with Crippen LogP contribution >= 0.6 is 0 Å². The number of ether oxygens (including phenoxy) is 1. The van der Waals surface area contributed by atoms with Gasteiger partial charge in [0.2, 0.25) is 5.82 Å². The minimum Gasteiger partial charge on any atom is -0.490 e. The summed E-state index contributed by atoms with van der Waals surface area (Å²) in [7, 11) is 0. The maximum Gasteiger partial charge on any atom is 0.200 e. The zero-order valence-electron chi connectivity index (χ0n) is 17.7. The molecule has 0 atom stereocenters. The summed E-state index contributed by atoms with van der Waals surface area (Å²) in [5.41, 5.74) is 2.23. The van der Waals surface area contributed by atoms with Gasteiger partial charge in [-0.3, -0.25) is 0 Å². The van der Waals surface area contributed by atoms with Crippen molar-refractivity contribution in [1.82, 2.24) is 0 Å². The maximum absolute atomic E-state index is 14.6. The second-order valence-corrected chi connectivity index (χ2v) is 9.17. The smallest absolute Gasteiger partial charge is 0.200 e. The molecule has 0 aromatic heterocycles. The first-order valence-electron chi connectivity index (χ1n) is 11.4. The first-order valence-corrected chi connectivity index (χ1v) is 11.4. The topological polar surface area (TPSA) is 9.23 Å². The molecule has 30 heavy (non-hydrogen) atoms. The van der Waals surface area contributed by atoms with Crippen LogP contribution in [0.2, 0.25) is 0 Å². The molecular weight excluding hydrogens is 385 g/mol. The fraction of sp³-hybridized carbons (Fsp3) is 0.538. The van der Waals surface area contributed by atoms with Crippen LogP contribution in [0.3, 0.4) is 0 Å². The molecular formula is C26H31F3O. The van der Waals surface area contributed by atoms with Crippen LogP contribution in [0.4, 0.5) is 13.2 Å². The number of aryl methyl sites for hydroxylation is 1. The summed E-state index contributed by atoms with van der Waals surface area (Å²) in [6.45, 7) is 2.27. The van der Waals surface area contributed by atoms with Crippen molar-refractivity contribution in [3.05, 3.63) is 64.5 Å². The van der Waals surface area contributed by atoms with Gasteiger partial charge >= 0.3 is 0 Å². The van der Waals surface area contributed by atoms with Crippen LogP contribution in [0, 0.1) is 30.3 Å².